The molecule has 1 aromatic heterocycles. The number of morpholine rings is 1. The maximum absolute atomic E-state index is 13.2. The molecule has 2 heterocycles. The Morgan fingerprint density at radius 1 is 1.12 bits per heavy atom. The van der Waals surface area contributed by atoms with Crippen molar-refractivity contribution in [3.05, 3.63) is 53.2 Å². The van der Waals surface area contributed by atoms with Crippen molar-refractivity contribution >= 4 is 5.91 Å². The minimum Gasteiger partial charge on any atom is -0.370 e. The van der Waals surface area contributed by atoms with Crippen LogP contribution >= 0.6 is 0 Å². The summed E-state index contributed by atoms with van der Waals surface area (Å²) in [6.07, 6.45) is -4.60. The summed E-state index contributed by atoms with van der Waals surface area (Å²) in [5.74, 6) is -0.111. The number of benzene rings is 1. The molecule has 0 bridgehead atoms. The molecule has 0 N–H and O–H groups in total. The molecule has 1 aliphatic heterocycles. The quantitative estimate of drug-likeness (QED) is 0.775. The summed E-state index contributed by atoms with van der Waals surface area (Å²) in [5.41, 5.74) is 0.205. The molecule has 0 aliphatic carbocycles. The predicted molar refractivity (Wildman–Crippen MR) is 85.7 cm³/mol. The molecule has 0 spiro atoms. The first-order valence-electron chi connectivity index (χ1n) is 7.96. The van der Waals surface area contributed by atoms with Gasteiger partial charge in [0.15, 0.2) is 0 Å². The first-order chi connectivity index (χ1) is 12.4. The van der Waals surface area contributed by atoms with E-state index in [9.17, 15) is 22.4 Å². The van der Waals surface area contributed by atoms with Crippen molar-refractivity contribution in [1.82, 2.24) is 9.88 Å². The normalized spacial score (nSPS) is 15.4. The third-order valence-corrected chi connectivity index (χ3v) is 4.10. The molecule has 26 heavy (non-hydrogen) atoms. The van der Waals surface area contributed by atoms with Crippen LogP contribution in [0.4, 0.5) is 17.6 Å². The summed E-state index contributed by atoms with van der Waals surface area (Å²) >= 11 is 0. The van der Waals surface area contributed by atoms with Crippen molar-refractivity contribution < 1.29 is 27.1 Å². The molecule has 1 fully saturated rings. The van der Waals surface area contributed by atoms with Gasteiger partial charge in [0.2, 0.25) is 5.91 Å². The average Bonchev–Trinajstić information content (AvgIpc) is 2.63. The van der Waals surface area contributed by atoms with Gasteiger partial charge in [-0.3, -0.25) is 4.79 Å². The van der Waals surface area contributed by atoms with Crippen molar-refractivity contribution in [2.75, 3.05) is 19.8 Å². The van der Waals surface area contributed by atoms with E-state index in [1.165, 1.54) is 0 Å². The van der Waals surface area contributed by atoms with Crippen LogP contribution in [-0.2, 0) is 28.9 Å². The predicted octanol–water partition coefficient (Wildman–Crippen LogP) is 3.60. The maximum Gasteiger partial charge on any atom is 0.433 e. The van der Waals surface area contributed by atoms with E-state index in [1.807, 2.05) is 0 Å². The lowest BCUT2D eigenvalue weighted by atomic mass is 10.0. The van der Waals surface area contributed by atoms with Crippen LogP contribution in [0.25, 0.3) is 11.3 Å². The van der Waals surface area contributed by atoms with Gasteiger partial charge in [-0.1, -0.05) is 30.3 Å². The topological polar surface area (TPSA) is 42.4 Å². The minimum atomic E-state index is -4.60. The lowest BCUT2D eigenvalue weighted by Crippen LogP contribution is -2.40. The second kappa shape index (κ2) is 7.41. The molecule has 1 amide bonds. The Balaban J connectivity index is 1.85. The highest BCUT2D eigenvalue weighted by atomic mass is 19.4. The van der Waals surface area contributed by atoms with Gasteiger partial charge < -0.3 is 9.64 Å². The van der Waals surface area contributed by atoms with E-state index in [2.05, 4.69) is 4.98 Å². The standard InChI is InChI=1S/C18H16F4N2O2/c19-9-14-5-6-15(18(20,21)22)23-17(14)13-3-1-12(2-4-13)10-24-7-8-26-11-16(24)25/h1-6H,7-11H2. The van der Waals surface area contributed by atoms with Gasteiger partial charge >= 0.3 is 6.18 Å². The monoisotopic (exact) mass is 368 g/mol. The van der Waals surface area contributed by atoms with E-state index in [-0.39, 0.29) is 23.8 Å². The highest BCUT2D eigenvalue weighted by molar-refractivity contribution is 5.78. The Morgan fingerprint density at radius 2 is 1.85 bits per heavy atom. The zero-order chi connectivity index (χ0) is 18.7. The molecule has 0 unspecified atom stereocenters. The number of aromatic nitrogens is 1. The molecule has 8 heteroatoms. The van der Waals surface area contributed by atoms with E-state index in [0.717, 1.165) is 17.7 Å². The number of pyridine rings is 1. The largest absolute Gasteiger partial charge is 0.433 e. The molecule has 0 radical (unpaired) electrons. The zero-order valence-corrected chi connectivity index (χ0v) is 13.7. The molecule has 2 aromatic rings. The van der Waals surface area contributed by atoms with Gasteiger partial charge in [0.1, 0.15) is 19.0 Å². The van der Waals surface area contributed by atoms with E-state index < -0.39 is 18.5 Å². The Bertz CT molecular complexity index is 791. The number of carbonyl (C=O) groups excluding carboxylic acids is 1. The molecule has 4 nitrogen and oxygen atoms in total. The number of carbonyl (C=O) groups is 1. The van der Waals surface area contributed by atoms with Crippen molar-refractivity contribution in [2.24, 2.45) is 0 Å². The summed E-state index contributed by atoms with van der Waals surface area (Å²) in [6.45, 7) is 0.477. The van der Waals surface area contributed by atoms with Crippen LogP contribution in [-0.4, -0.2) is 35.5 Å². The molecule has 0 atom stereocenters. The minimum absolute atomic E-state index is 0.0312. The van der Waals surface area contributed by atoms with Crippen LogP contribution in [0.1, 0.15) is 16.8 Å². The molecule has 3 rings (SSSR count). The molecule has 138 valence electrons. The third-order valence-electron chi connectivity index (χ3n) is 4.10. The SMILES string of the molecule is O=C1COCCN1Cc1ccc(-c2nc(C(F)(F)F)ccc2CF)cc1. The summed E-state index contributed by atoms with van der Waals surface area (Å²) in [7, 11) is 0. The van der Waals surface area contributed by atoms with Crippen LogP contribution in [0.3, 0.4) is 0 Å². The number of hydrogen-bond donors (Lipinski definition) is 0. The molecular weight excluding hydrogens is 352 g/mol. The number of nitrogens with zero attached hydrogens (tertiary/aromatic N) is 2. The fourth-order valence-electron chi connectivity index (χ4n) is 2.71. The number of amides is 1. The molecule has 1 aromatic carbocycles. The van der Waals surface area contributed by atoms with Crippen molar-refractivity contribution in [2.45, 2.75) is 19.4 Å². The summed E-state index contributed by atoms with van der Waals surface area (Å²) in [4.78, 5) is 17.0. The summed E-state index contributed by atoms with van der Waals surface area (Å²) < 4.78 is 56.8. The van der Waals surface area contributed by atoms with Crippen LogP contribution in [0.15, 0.2) is 36.4 Å². The number of alkyl halides is 4. The lowest BCUT2D eigenvalue weighted by Gasteiger charge is -2.26. The molecular formula is C18H16F4N2O2. The molecule has 1 aliphatic rings. The van der Waals surface area contributed by atoms with Crippen LogP contribution in [0.5, 0.6) is 0 Å². The van der Waals surface area contributed by atoms with Gasteiger partial charge in [0.05, 0.1) is 12.3 Å². The average molecular weight is 368 g/mol. The number of ether oxygens (including phenoxy) is 1. The van der Waals surface area contributed by atoms with Crippen LogP contribution < -0.4 is 0 Å². The van der Waals surface area contributed by atoms with E-state index in [0.29, 0.717) is 25.3 Å². The number of halogens is 4. The Hall–Kier alpha value is -2.48. The first kappa shape index (κ1) is 18.3. The highest BCUT2D eigenvalue weighted by Crippen LogP contribution is 2.31. The number of hydrogen-bond acceptors (Lipinski definition) is 3. The summed E-state index contributed by atoms with van der Waals surface area (Å²) in [5, 5.41) is 0. The zero-order valence-electron chi connectivity index (χ0n) is 13.7. The van der Waals surface area contributed by atoms with Gasteiger partial charge in [0.25, 0.3) is 0 Å². The molecule has 0 saturated carbocycles. The maximum atomic E-state index is 13.2. The highest BCUT2D eigenvalue weighted by Gasteiger charge is 2.33. The van der Waals surface area contributed by atoms with Gasteiger partial charge in [-0.15, -0.1) is 0 Å². The van der Waals surface area contributed by atoms with Gasteiger partial charge in [-0.25, -0.2) is 9.37 Å². The van der Waals surface area contributed by atoms with Crippen molar-refractivity contribution in [1.29, 1.82) is 0 Å². The summed E-state index contributed by atoms with van der Waals surface area (Å²) in [6, 6.07) is 8.44. The smallest absolute Gasteiger partial charge is 0.370 e. The fraction of sp³-hybridized carbons (Fsp3) is 0.333. The van der Waals surface area contributed by atoms with Crippen LogP contribution in [0.2, 0.25) is 0 Å². The van der Waals surface area contributed by atoms with E-state index in [1.54, 1.807) is 29.2 Å². The van der Waals surface area contributed by atoms with Gasteiger partial charge in [-0.05, 0) is 11.6 Å². The Morgan fingerprint density at radius 3 is 2.46 bits per heavy atom. The molecule has 1 saturated heterocycles. The van der Waals surface area contributed by atoms with Gasteiger partial charge in [0, 0.05) is 24.2 Å². The second-order valence-corrected chi connectivity index (χ2v) is 5.90. The van der Waals surface area contributed by atoms with E-state index in [4.69, 9.17) is 4.74 Å². The van der Waals surface area contributed by atoms with Crippen molar-refractivity contribution in [3.8, 4) is 11.3 Å². The second-order valence-electron chi connectivity index (χ2n) is 5.90. The van der Waals surface area contributed by atoms with E-state index >= 15 is 0 Å². The Kier molecular flexibility index (Phi) is 5.22. The van der Waals surface area contributed by atoms with Crippen LogP contribution in [0, 0.1) is 0 Å². The fourth-order valence-corrected chi connectivity index (χ4v) is 2.71. The Labute approximate surface area is 147 Å². The number of rotatable bonds is 4. The van der Waals surface area contributed by atoms with Crippen molar-refractivity contribution in [3.63, 3.8) is 0 Å². The third kappa shape index (κ3) is 4.01. The van der Waals surface area contributed by atoms with Gasteiger partial charge in [-0.2, -0.15) is 13.2 Å². The first-order valence-corrected chi connectivity index (χ1v) is 7.96. The lowest BCUT2D eigenvalue weighted by molar-refractivity contribution is -0.143.